The van der Waals surface area contributed by atoms with E-state index >= 15 is 0 Å². The average molecular weight is 365 g/mol. The molecule has 0 spiro atoms. The van der Waals surface area contributed by atoms with E-state index in [4.69, 9.17) is 27.9 Å². The molecule has 1 fully saturated rings. The van der Waals surface area contributed by atoms with Gasteiger partial charge in [-0.15, -0.1) is 0 Å². The van der Waals surface area contributed by atoms with Crippen molar-refractivity contribution in [3.05, 3.63) is 52.0 Å². The van der Waals surface area contributed by atoms with Crippen LogP contribution in [0.1, 0.15) is 24.8 Å². The Hall–Kier alpha value is -1.58. The van der Waals surface area contributed by atoms with Gasteiger partial charge in [0.25, 0.3) is 0 Å². The second-order valence-electron chi connectivity index (χ2n) is 6.02. The topological polar surface area (TPSA) is 24.5 Å². The molecule has 2 aromatic rings. The van der Waals surface area contributed by atoms with Crippen molar-refractivity contribution in [2.45, 2.75) is 25.8 Å². The van der Waals surface area contributed by atoms with E-state index in [0.717, 1.165) is 40.8 Å². The van der Waals surface area contributed by atoms with Gasteiger partial charge in [0.05, 0.1) is 17.8 Å². The first kappa shape index (κ1) is 17.2. The standard InChI is InChI=1S/C19H22Cl2N2O/c1-24-19-8-5-15(20)11-14(19)13-22-16-6-7-18(17(21)12-16)23-9-3-2-4-10-23/h5-8,11-12,22H,2-4,9-10,13H2,1H3. The first-order valence-corrected chi connectivity index (χ1v) is 9.04. The maximum absolute atomic E-state index is 6.50. The Labute approximate surface area is 153 Å². The van der Waals surface area contributed by atoms with Crippen LogP contribution in [0.2, 0.25) is 10.0 Å². The number of nitrogens with one attached hydrogen (secondary N) is 1. The number of halogens is 2. The SMILES string of the molecule is COc1ccc(Cl)cc1CNc1ccc(N2CCCCC2)c(Cl)c1. The molecule has 128 valence electrons. The molecule has 2 aromatic carbocycles. The minimum absolute atomic E-state index is 0.628. The van der Waals surface area contributed by atoms with Crippen LogP contribution < -0.4 is 15.0 Å². The number of rotatable bonds is 5. The summed E-state index contributed by atoms with van der Waals surface area (Å²) in [6.45, 7) is 2.81. The molecule has 1 aliphatic heterocycles. The quantitative estimate of drug-likeness (QED) is 0.746. The fourth-order valence-corrected chi connectivity index (χ4v) is 3.59. The van der Waals surface area contributed by atoms with Crippen molar-refractivity contribution in [3.63, 3.8) is 0 Å². The summed E-state index contributed by atoms with van der Waals surface area (Å²) in [5, 5.41) is 4.88. The van der Waals surface area contributed by atoms with Gasteiger partial charge in [0.1, 0.15) is 5.75 Å². The Morgan fingerprint density at radius 2 is 1.83 bits per heavy atom. The van der Waals surface area contributed by atoms with Gasteiger partial charge in [0, 0.05) is 35.9 Å². The largest absolute Gasteiger partial charge is 0.496 e. The number of nitrogens with zero attached hydrogens (tertiary/aromatic N) is 1. The van der Waals surface area contributed by atoms with E-state index in [2.05, 4.69) is 22.3 Å². The predicted molar refractivity (Wildman–Crippen MR) is 103 cm³/mol. The molecule has 0 aliphatic carbocycles. The molecule has 3 nitrogen and oxygen atoms in total. The molecule has 0 aromatic heterocycles. The second-order valence-corrected chi connectivity index (χ2v) is 6.87. The summed E-state index contributed by atoms with van der Waals surface area (Å²) in [5.74, 6) is 0.822. The number of piperidine rings is 1. The molecule has 0 atom stereocenters. The van der Waals surface area contributed by atoms with Crippen LogP contribution in [0.4, 0.5) is 11.4 Å². The third kappa shape index (κ3) is 4.08. The molecule has 0 radical (unpaired) electrons. The zero-order chi connectivity index (χ0) is 16.9. The van der Waals surface area contributed by atoms with Gasteiger partial charge < -0.3 is 15.0 Å². The number of ether oxygens (including phenoxy) is 1. The van der Waals surface area contributed by atoms with Crippen molar-refractivity contribution in [2.75, 3.05) is 30.4 Å². The zero-order valence-corrected chi connectivity index (χ0v) is 15.3. The van der Waals surface area contributed by atoms with Crippen LogP contribution in [-0.4, -0.2) is 20.2 Å². The van der Waals surface area contributed by atoms with E-state index in [9.17, 15) is 0 Å². The smallest absolute Gasteiger partial charge is 0.123 e. The van der Waals surface area contributed by atoms with Crippen LogP contribution in [0.15, 0.2) is 36.4 Å². The highest BCUT2D eigenvalue weighted by Crippen LogP contribution is 2.31. The summed E-state index contributed by atoms with van der Waals surface area (Å²) in [6, 6.07) is 11.8. The lowest BCUT2D eigenvalue weighted by Gasteiger charge is -2.29. The van der Waals surface area contributed by atoms with Crippen molar-refractivity contribution >= 4 is 34.6 Å². The first-order valence-electron chi connectivity index (χ1n) is 8.28. The van der Waals surface area contributed by atoms with E-state index in [0.29, 0.717) is 11.6 Å². The third-order valence-electron chi connectivity index (χ3n) is 4.37. The molecule has 0 amide bonds. The van der Waals surface area contributed by atoms with E-state index in [1.165, 1.54) is 19.3 Å². The highest BCUT2D eigenvalue weighted by molar-refractivity contribution is 6.33. The maximum Gasteiger partial charge on any atom is 0.123 e. The van der Waals surface area contributed by atoms with Crippen LogP contribution in [0.5, 0.6) is 5.75 Å². The van der Waals surface area contributed by atoms with Crippen molar-refractivity contribution in [2.24, 2.45) is 0 Å². The Kier molecular flexibility index (Phi) is 5.75. The molecule has 1 saturated heterocycles. The maximum atomic E-state index is 6.50. The Balaban J connectivity index is 1.70. The molecule has 24 heavy (non-hydrogen) atoms. The monoisotopic (exact) mass is 364 g/mol. The fraction of sp³-hybridized carbons (Fsp3) is 0.368. The summed E-state index contributed by atoms with van der Waals surface area (Å²) in [5.41, 5.74) is 3.13. The molecule has 1 heterocycles. The van der Waals surface area contributed by atoms with Crippen LogP contribution in [-0.2, 0) is 6.54 Å². The van der Waals surface area contributed by atoms with Gasteiger partial charge in [-0.1, -0.05) is 23.2 Å². The molecular weight excluding hydrogens is 343 g/mol. The molecule has 3 rings (SSSR count). The van der Waals surface area contributed by atoms with Crippen LogP contribution >= 0.6 is 23.2 Å². The summed E-state index contributed by atoms with van der Waals surface area (Å²) in [7, 11) is 1.66. The van der Waals surface area contributed by atoms with Crippen molar-refractivity contribution in [1.82, 2.24) is 0 Å². The minimum Gasteiger partial charge on any atom is -0.496 e. The number of hydrogen-bond acceptors (Lipinski definition) is 3. The van der Waals surface area contributed by atoms with Crippen molar-refractivity contribution < 1.29 is 4.74 Å². The Morgan fingerprint density at radius 3 is 2.54 bits per heavy atom. The van der Waals surface area contributed by atoms with Gasteiger partial charge in [0.15, 0.2) is 0 Å². The molecule has 0 saturated carbocycles. The average Bonchev–Trinajstić information content (AvgIpc) is 2.61. The highest BCUT2D eigenvalue weighted by Gasteiger charge is 2.14. The number of hydrogen-bond donors (Lipinski definition) is 1. The number of anilines is 2. The number of benzene rings is 2. The van der Waals surface area contributed by atoms with Gasteiger partial charge >= 0.3 is 0 Å². The van der Waals surface area contributed by atoms with Crippen LogP contribution in [0.3, 0.4) is 0 Å². The van der Waals surface area contributed by atoms with E-state index < -0.39 is 0 Å². The summed E-state index contributed by atoms with van der Waals surface area (Å²) in [4.78, 5) is 2.37. The Bertz CT molecular complexity index is 700. The summed E-state index contributed by atoms with van der Waals surface area (Å²) in [6.07, 6.45) is 3.80. The fourth-order valence-electron chi connectivity index (χ4n) is 3.09. The predicted octanol–water partition coefficient (Wildman–Crippen LogP) is 5.60. The van der Waals surface area contributed by atoms with Gasteiger partial charge in [-0.05, 0) is 55.7 Å². The zero-order valence-electron chi connectivity index (χ0n) is 13.8. The lowest BCUT2D eigenvalue weighted by atomic mass is 10.1. The lowest BCUT2D eigenvalue weighted by molar-refractivity contribution is 0.410. The third-order valence-corrected chi connectivity index (χ3v) is 4.91. The van der Waals surface area contributed by atoms with E-state index in [1.54, 1.807) is 7.11 Å². The van der Waals surface area contributed by atoms with E-state index in [-0.39, 0.29) is 0 Å². The molecule has 1 aliphatic rings. The lowest BCUT2D eigenvalue weighted by Crippen LogP contribution is -2.29. The molecule has 0 unspecified atom stereocenters. The molecule has 1 N–H and O–H groups in total. The van der Waals surface area contributed by atoms with Crippen molar-refractivity contribution in [1.29, 1.82) is 0 Å². The second kappa shape index (κ2) is 8.00. The summed E-state index contributed by atoms with van der Waals surface area (Å²) >= 11 is 12.6. The first-order chi connectivity index (χ1) is 11.7. The van der Waals surface area contributed by atoms with Crippen LogP contribution in [0.25, 0.3) is 0 Å². The minimum atomic E-state index is 0.628. The van der Waals surface area contributed by atoms with Crippen molar-refractivity contribution in [3.8, 4) is 5.75 Å². The normalized spacial score (nSPS) is 14.5. The highest BCUT2D eigenvalue weighted by atomic mass is 35.5. The molecular formula is C19H22Cl2N2O. The number of methoxy groups -OCH3 is 1. The van der Waals surface area contributed by atoms with Crippen LogP contribution in [0, 0.1) is 0 Å². The van der Waals surface area contributed by atoms with Gasteiger partial charge in [0.2, 0.25) is 0 Å². The van der Waals surface area contributed by atoms with Gasteiger partial charge in [-0.3, -0.25) is 0 Å². The van der Waals surface area contributed by atoms with Gasteiger partial charge in [-0.2, -0.15) is 0 Å². The Morgan fingerprint density at radius 1 is 1.04 bits per heavy atom. The molecule has 0 bridgehead atoms. The summed E-state index contributed by atoms with van der Waals surface area (Å²) < 4.78 is 5.38. The molecule has 5 heteroatoms. The van der Waals surface area contributed by atoms with E-state index in [1.807, 2.05) is 24.3 Å². The van der Waals surface area contributed by atoms with Gasteiger partial charge in [-0.25, -0.2) is 0 Å².